The van der Waals surface area contributed by atoms with Crippen LogP contribution < -0.4 is 5.32 Å². The fraction of sp³-hybridized carbons (Fsp3) is 0.625. The zero-order valence-corrected chi connectivity index (χ0v) is 11.7. The topological polar surface area (TPSA) is 41.5 Å². The lowest BCUT2D eigenvalue weighted by atomic mass is 9.73. The van der Waals surface area contributed by atoms with Crippen LogP contribution in [0.2, 0.25) is 0 Å². The quantitative estimate of drug-likeness (QED) is 0.814. The number of benzene rings is 1. The Bertz CT molecular complexity index is 448. The van der Waals surface area contributed by atoms with E-state index in [9.17, 15) is 5.11 Å². The van der Waals surface area contributed by atoms with Gasteiger partial charge in [-0.15, -0.1) is 0 Å². The summed E-state index contributed by atoms with van der Waals surface area (Å²) in [5, 5.41) is 14.3. The molecule has 5 atom stereocenters. The molecular formula is C16H23NO2. The highest BCUT2D eigenvalue weighted by Crippen LogP contribution is 2.42. The molecular weight excluding hydrogens is 238 g/mol. The van der Waals surface area contributed by atoms with E-state index >= 15 is 0 Å². The van der Waals surface area contributed by atoms with E-state index in [1.54, 1.807) is 0 Å². The zero-order chi connectivity index (χ0) is 13.4. The molecule has 2 aliphatic rings. The summed E-state index contributed by atoms with van der Waals surface area (Å²) in [6, 6.07) is 8.92. The largest absolute Gasteiger partial charge is 0.388 e. The van der Waals surface area contributed by atoms with E-state index in [2.05, 4.69) is 37.4 Å². The molecule has 2 N–H and O–H groups in total. The van der Waals surface area contributed by atoms with Crippen LogP contribution in [0.1, 0.15) is 43.4 Å². The van der Waals surface area contributed by atoms with Crippen molar-refractivity contribution in [2.45, 2.75) is 44.4 Å². The number of nitrogens with one attached hydrogen (secondary N) is 1. The maximum Gasteiger partial charge on any atom is 0.0836 e. The predicted octanol–water partition coefficient (Wildman–Crippen LogP) is 2.22. The fourth-order valence-corrected chi connectivity index (χ4v) is 3.59. The Morgan fingerprint density at radius 2 is 1.89 bits per heavy atom. The lowest BCUT2D eigenvalue weighted by Gasteiger charge is -2.41. The fourth-order valence-electron chi connectivity index (χ4n) is 3.59. The second-order valence-corrected chi connectivity index (χ2v) is 6.09. The van der Waals surface area contributed by atoms with Crippen LogP contribution in [0, 0.1) is 5.92 Å². The van der Waals surface area contributed by atoms with Crippen molar-refractivity contribution in [3.05, 3.63) is 35.4 Å². The Balaban J connectivity index is 1.85. The molecule has 0 aromatic heterocycles. The number of aliphatic hydroxyl groups excluding tert-OH is 1. The van der Waals surface area contributed by atoms with Crippen LogP contribution in [0.5, 0.6) is 0 Å². The number of hydrogen-bond acceptors (Lipinski definition) is 3. The van der Waals surface area contributed by atoms with Gasteiger partial charge in [0.25, 0.3) is 0 Å². The maximum atomic E-state index is 10.7. The predicted molar refractivity (Wildman–Crippen MR) is 75.1 cm³/mol. The van der Waals surface area contributed by atoms with Gasteiger partial charge in [-0.2, -0.15) is 0 Å². The first kappa shape index (κ1) is 13.1. The van der Waals surface area contributed by atoms with Gasteiger partial charge in [-0.1, -0.05) is 31.2 Å². The van der Waals surface area contributed by atoms with Gasteiger partial charge in [0, 0.05) is 18.0 Å². The van der Waals surface area contributed by atoms with Gasteiger partial charge < -0.3 is 15.2 Å². The first-order chi connectivity index (χ1) is 9.16. The second kappa shape index (κ2) is 5.23. The summed E-state index contributed by atoms with van der Waals surface area (Å²) in [7, 11) is 0. The standard InChI is InChI=1S/C16H23NO2/c1-10-7-14(15-9-19-8-11(2)17-15)16(18)13-6-4-3-5-12(10)13/h3-6,10-11,14-18H,7-9H2,1-2H3. The lowest BCUT2D eigenvalue weighted by Crippen LogP contribution is -2.53. The minimum Gasteiger partial charge on any atom is -0.388 e. The average molecular weight is 261 g/mol. The summed E-state index contributed by atoms with van der Waals surface area (Å²) < 4.78 is 5.65. The van der Waals surface area contributed by atoms with Gasteiger partial charge in [0.2, 0.25) is 0 Å². The molecule has 104 valence electrons. The maximum absolute atomic E-state index is 10.7. The summed E-state index contributed by atoms with van der Waals surface area (Å²) in [6.45, 7) is 5.87. The first-order valence-electron chi connectivity index (χ1n) is 7.27. The molecule has 3 nitrogen and oxygen atoms in total. The van der Waals surface area contributed by atoms with Crippen LogP contribution in [0.4, 0.5) is 0 Å². The molecule has 0 radical (unpaired) electrons. The molecule has 19 heavy (non-hydrogen) atoms. The second-order valence-electron chi connectivity index (χ2n) is 6.09. The van der Waals surface area contributed by atoms with Crippen LogP contribution in [0.15, 0.2) is 24.3 Å². The summed E-state index contributed by atoms with van der Waals surface area (Å²) in [6.07, 6.45) is 0.644. The average Bonchev–Trinajstić information content (AvgIpc) is 2.43. The third-order valence-electron chi connectivity index (χ3n) is 4.56. The molecule has 1 saturated heterocycles. The Morgan fingerprint density at radius 3 is 2.63 bits per heavy atom. The van der Waals surface area contributed by atoms with Crippen molar-refractivity contribution in [3.8, 4) is 0 Å². The molecule has 3 rings (SSSR count). The van der Waals surface area contributed by atoms with Crippen LogP contribution in [0.3, 0.4) is 0 Å². The number of rotatable bonds is 1. The van der Waals surface area contributed by atoms with Crippen molar-refractivity contribution in [1.29, 1.82) is 0 Å². The molecule has 1 heterocycles. The van der Waals surface area contributed by atoms with Crippen molar-refractivity contribution in [2.75, 3.05) is 13.2 Å². The van der Waals surface area contributed by atoms with Crippen molar-refractivity contribution >= 4 is 0 Å². The highest BCUT2D eigenvalue weighted by atomic mass is 16.5. The Morgan fingerprint density at radius 1 is 1.16 bits per heavy atom. The summed E-state index contributed by atoms with van der Waals surface area (Å²) >= 11 is 0. The van der Waals surface area contributed by atoms with Gasteiger partial charge in [-0.25, -0.2) is 0 Å². The molecule has 0 bridgehead atoms. The Labute approximate surface area is 115 Å². The minimum absolute atomic E-state index is 0.243. The minimum atomic E-state index is -0.376. The molecule has 1 aromatic carbocycles. The summed E-state index contributed by atoms with van der Waals surface area (Å²) in [5.41, 5.74) is 2.40. The zero-order valence-electron chi connectivity index (χ0n) is 11.7. The Hall–Kier alpha value is -0.900. The van der Waals surface area contributed by atoms with Crippen LogP contribution >= 0.6 is 0 Å². The van der Waals surface area contributed by atoms with Crippen LogP contribution in [-0.4, -0.2) is 30.4 Å². The van der Waals surface area contributed by atoms with Gasteiger partial charge in [0.1, 0.15) is 0 Å². The van der Waals surface area contributed by atoms with E-state index in [4.69, 9.17) is 4.74 Å². The van der Waals surface area contributed by atoms with Crippen molar-refractivity contribution in [2.24, 2.45) is 5.92 Å². The normalized spacial score (nSPS) is 38.8. The number of hydrogen-bond donors (Lipinski definition) is 2. The molecule has 0 saturated carbocycles. The first-order valence-corrected chi connectivity index (χ1v) is 7.27. The van der Waals surface area contributed by atoms with Gasteiger partial charge in [-0.05, 0) is 30.4 Å². The van der Waals surface area contributed by atoms with Gasteiger partial charge in [0.05, 0.1) is 19.3 Å². The third kappa shape index (κ3) is 2.42. The SMILES string of the molecule is CC1COCC(C2CC(C)c3ccccc3C2O)N1. The number of morpholine rings is 1. The van der Waals surface area contributed by atoms with E-state index in [1.807, 2.05) is 6.07 Å². The van der Waals surface area contributed by atoms with Gasteiger partial charge in [0.15, 0.2) is 0 Å². The van der Waals surface area contributed by atoms with E-state index in [-0.39, 0.29) is 18.1 Å². The van der Waals surface area contributed by atoms with E-state index in [0.717, 1.165) is 18.6 Å². The summed E-state index contributed by atoms with van der Waals surface area (Å²) in [5.74, 6) is 0.747. The van der Waals surface area contributed by atoms with E-state index in [1.165, 1.54) is 5.56 Å². The van der Waals surface area contributed by atoms with Crippen molar-refractivity contribution in [3.63, 3.8) is 0 Å². The smallest absolute Gasteiger partial charge is 0.0836 e. The monoisotopic (exact) mass is 261 g/mol. The number of aliphatic hydroxyl groups is 1. The highest BCUT2D eigenvalue weighted by molar-refractivity contribution is 5.35. The highest BCUT2D eigenvalue weighted by Gasteiger charge is 2.38. The van der Waals surface area contributed by atoms with Crippen molar-refractivity contribution in [1.82, 2.24) is 5.32 Å². The van der Waals surface area contributed by atoms with Gasteiger partial charge >= 0.3 is 0 Å². The Kier molecular flexibility index (Phi) is 3.61. The van der Waals surface area contributed by atoms with Gasteiger partial charge in [-0.3, -0.25) is 0 Å². The number of ether oxygens (including phenoxy) is 1. The molecule has 1 fully saturated rings. The molecule has 1 aromatic rings. The molecule has 0 spiro atoms. The van der Waals surface area contributed by atoms with Crippen molar-refractivity contribution < 1.29 is 9.84 Å². The summed E-state index contributed by atoms with van der Waals surface area (Å²) in [4.78, 5) is 0. The number of fused-ring (bicyclic) bond motifs is 1. The molecule has 1 aliphatic carbocycles. The molecule has 3 heteroatoms. The molecule has 5 unspecified atom stereocenters. The third-order valence-corrected chi connectivity index (χ3v) is 4.56. The molecule has 1 aliphatic heterocycles. The van der Waals surface area contributed by atoms with E-state index < -0.39 is 0 Å². The lowest BCUT2D eigenvalue weighted by molar-refractivity contribution is -0.0125. The molecule has 0 amide bonds. The van der Waals surface area contributed by atoms with Crippen LogP contribution in [0.25, 0.3) is 0 Å². The van der Waals surface area contributed by atoms with E-state index in [0.29, 0.717) is 18.6 Å². The van der Waals surface area contributed by atoms with Crippen LogP contribution in [-0.2, 0) is 4.74 Å².